The van der Waals surface area contributed by atoms with Gasteiger partial charge < -0.3 is 9.88 Å². The molecule has 0 fully saturated rings. The molecule has 2 aromatic rings. The van der Waals surface area contributed by atoms with E-state index in [0.29, 0.717) is 10.0 Å². The minimum atomic E-state index is -0.355. The van der Waals surface area contributed by atoms with Crippen molar-refractivity contribution in [1.29, 1.82) is 0 Å². The van der Waals surface area contributed by atoms with Crippen LogP contribution in [0.4, 0.5) is 5.69 Å². The Hall–Kier alpha value is -1.95. The third-order valence-electron chi connectivity index (χ3n) is 2.50. The zero-order chi connectivity index (χ0) is 14.0. The van der Waals surface area contributed by atoms with E-state index in [1.165, 1.54) is 6.20 Å². The van der Waals surface area contributed by atoms with Crippen molar-refractivity contribution < 1.29 is 4.79 Å². The number of aromatic nitrogens is 2. The van der Waals surface area contributed by atoms with E-state index in [1.54, 1.807) is 36.3 Å². The van der Waals surface area contributed by atoms with E-state index in [-0.39, 0.29) is 17.0 Å². The van der Waals surface area contributed by atoms with Crippen LogP contribution < -0.4 is 10.7 Å². The molecule has 2 heterocycles. The van der Waals surface area contributed by atoms with E-state index in [9.17, 15) is 9.59 Å². The molecule has 5 nitrogen and oxygen atoms in total. The van der Waals surface area contributed by atoms with E-state index in [2.05, 4.69) is 26.2 Å². The van der Waals surface area contributed by atoms with Crippen LogP contribution in [0, 0.1) is 6.92 Å². The summed E-state index contributed by atoms with van der Waals surface area (Å²) in [5, 5.41) is 2.59. The molecule has 6 heteroatoms. The molecule has 0 unspecified atom stereocenters. The summed E-state index contributed by atoms with van der Waals surface area (Å²) >= 11 is 3.16. The number of hydrogen-bond acceptors (Lipinski definition) is 3. The van der Waals surface area contributed by atoms with Crippen molar-refractivity contribution in [3.63, 3.8) is 0 Å². The largest absolute Gasteiger partial charge is 0.354 e. The highest BCUT2D eigenvalue weighted by atomic mass is 79.9. The molecule has 1 amide bonds. The Kier molecular flexibility index (Phi) is 3.80. The summed E-state index contributed by atoms with van der Waals surface area (Å²) in [6, 6.07) is 1.71. The van der Waals surface area contributed by atoms with Crippen molar-refractivity contribution in [2.24, 2.45) is 7.05 Å². The van der Waals surface area contributed by atoms with E-state index in [0.717, 1.165) is 5.56 Å². The molecule has 0 saturated heterocycles. The van der Waals surface area contributed by atoms with Gasteiger partial charge in [-0.3, -0.25) is 14.6 Å². The summed E-state index contributed by atoms with van der Waals surface area (Å²) in [5.41, 5.74) is 1.27. The number of nitrogens with zero attached hydrogens (tertiary/aromatic N) is 2. The molecule has 0 aromatic carbocycles. The van der Waals surface area contributed by atoms with Crippen molar-refractivity contribution in [2.45, 2.75) is 6.92 Å². The molecule has 19 heavy (non-hydrogen) atoms. The van der Waals surface area contributed by atoms with Gasteiger partial charge in [-0.15, -0.1) is 0 Å². The van der Waals surface area contributed by atoms with Crippen LogP contribution in [0.5, 0.6) is 0 Å². The zero-order valence-electron chi connectivity index (χ0n) is 10.5. The van der Waals surface area contributed by atoms with Crippen LogP contribution in [0.25, 0.3) is 0 Å². The molecular formula is C13H12BrN3O2. The Morgan fingerprint density at radius 1 is 1.37 bits per heavy atom. The normalized spacial score (nSPS) is 10.3. The predicted molar refractivity (Wildman–Crippen MR) is 76.3 cm³/mol. The summed E-state index contributed by atoms with van der Waals surface area (Å²) in [6.45, 7) is 1.85. The molecule has 1 N–H and O–H groups in total. The molecular weight excluding hydrogens is 310 g/mol. The fraction of sp³-hybridized carbons (Fsp3) is 0.154. The molecule has 98 valence electrons. The van der Waals surface area contributed by atoms with Gasteiger partial charge in [0.15, 0.2) is 0 Å². The van der Waals surface area contributed by atoms with Crippen LogP contribution in [0.3, 0.4) is 0 Å². The Labute approximate surface area is 118 Å². The topological polar surface area (TPSA) is 64.0 Å². The summed E-state index contributed by atoms with van der Waals surface area (Å²) in [5.74, 6) is -0.355. The van der Waals surface area contributed by atoms with E-state index in [1.807, 2.05) is 6.92 Å². The van der Waals surface area contributed by atoms with Crippen LogP contribution in [0.2, 0.25) is 0 Å². The number of nitrogens with one attached hydrogen (secondary N) is 1. The average Bonchev–Trinajstić information content (AvgIpc) is 2.35. The van der Waals surface area contributed by atoms with Crippen molar-refractivity contribution in [1.82, 2.24) is 9.55 Å². The molecule has 0 atom stereocenters. The molecule has 0 aliphatic heterocycles. The molecule has 0 aliphatic carbocycles. The summed E-state index contributed by atoms with van der Waals surface area (Å²) in [7, 11) is 1.77. The number of halogens is 1. The molecule has 0 radical (unpaired) electrons. The van der Waals surface area contributed by atoms with Crippen LogP contribution in [0.1, 0.15) is 15.9 Å². The fourth-order valence-corrected chi connectivity index (χ4v) is 2.16. The Morgan fingerprint density at radius 2 is 2.11 bits per heavy atom. The Balaban J connectivity index is 2.32. The van der Waals surface area contributed by atoms with Gasteiger partial charge in [0.1, 0.15) is 5.69 Å². The maximum Gasteiger partial charge on any atom is 0.257 e. The van der Waals surface area contributed by atoms with E-state index >= 15 is 0 Å². The number of carbonyl (C=O) groups excluding carboxylic acids is 1. The minimum Gasteiger partial charge on any atom is -0.354 e. The lowest BCUT2D eigenvalue weighted by Gasteiger charge is -2.07. The third kappa shape index (κ3) is 3.08. The third-order valence-corrected chi connectivity index (χ3v) is 3.06. The maximum absolute atomic E-state index is 12.0. The quantitative estimate of drug-likeness (QED) is 0.921. The first-order valence-corrected chi connectivity index (χ1v) is 6.35. The highest BCUT2D eigenvalue weighted by Gasteiger charge is 2.11. The van der Waals surface area contributed by atoms with Crippen LogP contribution in [-0.4, -0.2) is 15.5 Å². The first-order valence-electron chi connectivity index (χ1n) is 5.56. The highest BCUT2D eigenvalue weighted by Crippen LogP contribution is 2.10. The number of rotatable bonds is 2. The lowest BCUT2D eigenvalue weighted by Crippen LogP contribution is -2.20. The first kappa shape index (κ1) is 13.5. The standard InChI is InChI=1S/C13H12BrN3O2/c1-8-3-9(5-15-4-8)13(19)16-11-7-17(2)6-10(14)12(11)18/h3-7H,1-2H3,(H,16,19). The van der Waals surface area contributed by atoms with Crippen LogP contribution in [-0.2, 0) is 7.05 Å². The molecule has 2 rings (SSSR count). The number of amides is 1. The van der Waals surface area contributed by atoms with Crippen molar-refractivity contribution >= 4 is 27.5 Å². The smallest absolute Gasteiger partial charge is 0.257 e. The Bertz CT molecular complexity index is 695. The summed E-state index contributed by atoms with van der Waals surface area (Å²) < 4.78 is 2.09. The van der Waals surface area contributed by atoms with Crippen molar-refractivity contribution in [3.05, 3.63) is 56.7 Å². The number of pyridine rings is 2. The molecule has 0 bridgehead atoms. The molecule has 0 saturated carbocycles. The SMILES string of the molecule is Cc1cncc(C(=O)Nc2cn(C)cc(Br)c2=O)c1. The second-order valence-electron chi connectivity index (χ2n) is 4.22. The Morgan fingerprint density at radius 3 is 2.79 bits per heavy atom. The van der Waals surface area contributed by atoms with Gasteiger partial charge in [0.25, 0.3) is 5.91 Å². The van der Waals surface area contributed by atoms with Gasteiger partial charge in [-0.2, -0.15) is 0 Å². The first-order chi connectivity index (χ1) is 8.97. The fourth-order valence-electron chi connectivity index (χ4n) is 1.63. The predicted octanol–water partition coefficient (Wildman–Crippen LogP) is 2.10. The zero-order valence-corrected chi connectivity index (χ0v) is 12.1. The van der Waals surface area contributed by atoms with Gasteiger partial charge >= 0.3 is 0 Å². The molecule has 0 spiro atoms. The summed E-state index contributed by atoms with van der Waals surface area (Å²) in [6.07, 6.45) is 6.32. The van der Waals surface area contributed by atoms with E-state index < -0.39 is 0 Å². The van der Waals surface area contributed by atoms with Gasteiger partial charge in [-0.1, -0.05) is 0 Å². The van der Waals surface area contributed by atoms with Gasteiger partial charge in [0.05, 0.1) is 10.0 Å². The van der Waals surface area contributed by atoms with Gasteiger partial charge in [0.2, 0.25) is 5.43 Å². The lowest BCUT2D eigenvalue weighted by atomic mass is 10.2. The van der Waals surface area contributed by atoms with Crippen molar-refractivity contribution in [2.75, 3.05) is 5.32 Å². The van der Waals surface area contributed by atoms with Crippen LogP contribution in [0.15, 0.2) is 40.1 Å². The number of aryl methyl sites for hydroxylation is 2. The average molecular weight is 322 g/mol. The lowest BCUT2D eigenvalue weighted by molar-refractivity contribution is 0.102. The number of carbonyl (C=O) groups is 1. The highest BCUT2D eigenvalue weighted by molar-refractivity contribution is 9.10. The van der Waals surface area contributed by atoms with Gasteiger partial charge in [-0.25, -0.2) is 0 Å². The minimum absolute atomic E-state index is 0.225. The number of anilines is 1. The number of hydrogen-bond donors (Lipinski definition) is 1. The molecule has 2 aromatic heterocycles. The monoisotopic (exact) mass is 321 g/mol. The van der Waals surface area contributed by atoms with Crippen LogP contribution >= 0.6 is 15.9 Å². The summed E-state index contributed by atoms with van der Waals surface area (Å²) in [4.78, 5) is 27.8. The maximum atomic E-state index is 12.0. The van der Waals surface area contributed by atoms with E-state index in [4.69, 9.17) is 0 Å². The van der Waals surface area contributed by atoms with Gasteiger partial charge in [-0.05, 0) is 34.5 Å². The molecule has 0 aliphatic rings. The van der Waals surface area contributed by atoms with Gasteiger partial charge in [0, 0.05) is 31.8 Å². The second-order valence-corrected chi connectivity index (χ2v) is 5.07. The van der Waals surface area contributed by atoms with Crippen molar-refractivity contribution in [3.8, 4) is 0 Å². The second kappa shape index (κ2) is 5.36.